The van der Waals surface area contributed by atoms with Crippen LogP contribution in [0, 0.1) is 0 Å². The molecule has 9 rings (SSSR count). The van der Waals surface area contributed by atoms with Crippen molar-refractivity contribution < 1.29 is 9.21 Å². The van der Waals surface area contributed by atoms with E-state index in [4.69, 9.17) is 75.3 Å². The predicted molar refractivity (Wildman–Crippen MR) is 259 cm³/mol. The third-order valence-corrected chi connectivity index (χ3v) is 12.2. The highest BCUT2D eigenvalue weighted by atomic mass is 35.5. The lowest BCUT2D eigenvalue weighted by atomic mass is 10.0. The molecule has 7 aromatic rings. The van der Waals surface area contributed by atoms with E-state index in [2.05, 4.69) is 36.7 Å². The molecule has 0 bridgehead atoms. The molecule has 2 saturated heterocycles. The zero-order valence-electron chi connectivity index (χ0n) is 33.4. The number of amides is 1. The number of aromatic amines is 1. The number of fused-ring (bicyclic) bond motifs is 1. The lowest BCUT2D eigenvalue weighted by Gasteiger charge is -2.43. The number of para-hydroxylation sites is 2. The molecule has 16 heteroatoms. The van der Waals surface area contributed by atoms with Gasteiger partial charge in [-0.25, -0.2) is 9.59 Å². The topological polar surface area (TPSA) is 128 Å². The molecular weight excluding hydrogens is 925 g/mol. The van der Waals surface area contributed by atoms with Gasteiger partial charge >= 0.3 is 11.4 Å². The van der Waals surface area contributed by atoms with Gasteiger partial charge in [0.15, 0.2) is 0 Å². The minimum absolute atomic E-state index is 0.0751. The zero-order chi connectivity index (χ0) is 44.6. The van der Waals surface area contributed by atoms with Gasteiger partial charge in [0.2, 0.25) is 0 Å². The lowest BCUT2D eigenvalue weighted by Crippen LogP contribution is -2.50. The molecule has 4 N–H and O–H groups in total. The van der Waals surface area contributed by atoms with Gasteiger partial charge in [-0.05, 0) is 96.1 Å². The summed E-state index contributed by atoms with van der Waals surface area (Å²) in [6.07, 6.45) is 0. The first-order valence-electron chi connectivity index (χ1n) is 19.8. The SMILES string of the molecule is Clc1ccc(C2CNCCN2c2ccc(Cl)cc2Cl)cc1.Nc1ccccc1C(=O)N1CCN(c2ccc(Cl)cc2Cl)C(c2ccc(Cl)cc2)C1.O=c1[nH]c2ccccc2c(=O)o1. The number of anilines is 3. The predicted octanol–water partition coefficient (Wildman–Crippen LogP) is 11.2. The van der Waals surface area contributed by atoms with Crippen LogP contribution in [0.4, 0.5) is 17.1 Å². The first-order chi connectivity index (χ1) is 30.4. The lowest BCUT2D eigenvalue weighted by molar-refractivity contribution is 0.0723. The molecule has 2 aliphatic rings. The number of hydrogen-bond acceptors (Lipinski definition) is 8. The van der Waals surface area contributed by atoms with Crippen molar-refractivity contribution in [1.29, 1.82) is 0 Å². The number of nitrogens with two attached hydrogens (primary N) is 1. The number of nitrogens with one attached hydrogen (secondary N) is 2. The number of hydrogen-bond donors (Lipinski definition) is 3. The van der Waals surface area contributed by atoms with E-state index in [-0.39, 0.29) is 18.0 Å². The van der Waals surface area contributed by atoms with Gasteiger partial charge in [0, 0.05) is 65.0 Å². The van der Waals surface area contributed by atoms with Crippen LogP contribution in [-0.4, -0.2) is 55.1 Å². The molecule has 2 atom stereocenters. The van der Waals surface area contributed by atoms with Crippen LogP contribution in [-0.2, 0) is 0 Å². The number of piperazine rings is 2. The first-order valence-corrected chi connectivity index (χ1v) is 22.0. The van der Waals surface area contributed by atoms with Crippen molar-refractivity contribution in [3.8, 4) is 0 Å². The summed E-state index contributed by atoms with van der Waals surface area (Å²) < 4.78 is 4.32. The summed E-state index contributed by atoms with van der Waals surface area (Å²) in [6.45, 7) is 4.37. The van der Waals surface area contributed by atoms with E-state index in [1.807, 2.05) is 77.7 Å². The third-order valence-electron chi connectivity index (χ3n) is 10.6. The molecule has 0 radical (unpaired) electrons. The Morgan fingerprint density at radius 3 is 1.76 bits per heavy atom. The number of nitrogen functional groups attached to an aromatic ring is 1. The summed E-state index contributed by atoms with van der Waals surface area (Å²) in [6, 6.07) is 40.8. The van der Waals surface area contributed by atoms with Crippen LogP contribution in [0.25, 0.3) is 10.9 Å². The zero-order valence-corrected chi connectivity index (χ0v) is 38.0. The highest BCUT2D eigenvalue weighted by molar-refractivity contribution is 6.37. The van der Waals surface area contributed by atoms with Crippen LogP contribution in [0.3, 0.4) is 0 Å². The van der Waals surface area contributed by atoms with Crippen LogP contribution < -0.4 is 32.2 Å². The maximum absolute atomic E-state index is 13.2. The molecular formula is C47H40Cl6N6O4. The van der Waals surface area contributed by atoms with E-state index in [9.17, 15) is 14.4 Å². The first kappa shape index (κ1) is 45.8. The number of carbonyl (C=O) groups is 1. The molecule has 6 aromatic carbocycles. The molecule has 63 heavy (non-hydrogen) atoms. The summed E-state index contributed by atoms with van der Waals surface area (Å²) in [7, 11) is 0. The second-order valence-electron chi connectivity index (χ2n) is 14.6. The summed E-state index contributed by atoms with van der Waals surface area (Å²) >= 11 is 37.1. The molecule has 1 amide bonds. The van der Waals surface area contributed by atoms with Crippen molar-refractivity contribution in [2.75, 3.05) is 54.8 Å². The Morgan fingerprint density at radius 1 is 0.619 bits per heavy atom. The van der Waals surface area contributed by atoms with Crippen molar-refractivity contribution >= 4 is 103 Å². The Morgan fingerprint density at radius 2 is 1.16 bits per heavy atom. The highest BCUT2D eigenvalue weighted by Crippen LogP contribution is 2.38. The minimum Gasteiger partial charge on any atom is -0.398 e. The Bertz CT molecular complexity index is 2820. The van der Waals surface area contributed by atoms with Gasteiger partial charge in [-0.3, -0.25) is 9.78 Å². The van der Waals surface area contributed by atoms with Crippen molar-refractivity contribution in [3.05, 3.63) is 201 Å². The number of benzene rings is 6. The number of carbonyl (C=O) groups excluding carboxylic acids is 1. The van der Waals surface area contributed by atoms with Crippen LogP contribution in [0.1, 0.15) is 33.6 Å². The normalized spacial score (nSPS) is 16.1. The Labute approximate surface area is 393 Å². The molecule has 2 fully saturated rings. The second-order valence-corrected chi connectivity index (χ2v) is 17.2. The van der Waals surface area contributed by atoms with Gasteiger partial charge in [0.25, 0.3) is 5.91 Å². The van der Waals surface area contributed by atoms with Crippen LogP contribution >= 0.6 is 69.6 Å². The fourth-order valence-electron chi connectivity index (χ4n) is 7.54. The smallest absolute Gasteiger partial charge is 0.398 e. The van der Waals surface area contributed by atoms with Gasteiger partial charge in [-0.2, -0.15) is 0 Å². The van der Waals surface area contributed by atoms with Gasteiger partial charge in [0.05, 0.1) is 50.0 Å². The van der Waals surface area contributed by atoms with Gasteiger partial charge in [-0.1, -0.05) is 118 Å². The Balaban J connectivity index is 0.000000155. The summed E-state index contributed by atoms with van der Waals surface area (Å²) in [5, 5.41) is 7.73. The number of aromatic nitrogens is 1. The third kappa shape index (κ3) is 11.3. The molecule has 3 heterocycles. The fourth-order valence-corrected chi connectivity index (χ4v) is 8.82. The molecule has 10 nitrogen and oxygen atoms in total. The second kappa shape index (κ2) is 21.0. The summed E-state index contributed by atoms with van der Waals surface area (Å²) in [5.74, 6) is -0.799. The molecule has 1 aromatic heterocycles. The Kier molecular flexibility index (Phi) is 15.3. The fraction of sp³-hybridized carbons (Fsp3) is 0.170. The van der Waals surface area contributed by atoms with E-state index in [0.29, 0.717) is 66.9 Å². The van der Waals surface area contributed by atoms with E-state index in [0.717, 1.165) is 41.6 Å². The van der Waals surface area contributed by atoms with Crippen molar-refractivity contribution in [1.82, 2.24) is 15.2 Å². The number of nitrogens with zero attached hydrogens (tertiary/aromatic N) is 3. The quantitative estimate of drug-likeness (QED) is 0.146. The molecule has 0 saturated carbocycles. The van der Waals surface area contributed by atoms with Gasteiger partial charge in [-0.15, -0.1) is 0 Å². The number of rotatable bonds is 5. The Hall–Kier alpha value is -5.17. The standard InChI is InChI=1S/C23H20Cl3N3O.C16H15Cl3N2.C8H5NO3/c24-16-7-5-15(6-8-16)22-14-28(23(30)18-3-1-2-4-20(18)27)11-12-29(22)21-10-9-17(25)13-19(21)26;17-12-3-1-11(2-4-12)16-10-20-7-8-21(16)15-6-5-13(18)9-14(15)19;10-7-5-3-1-2-4-6(5)9-8(11)12-7/h1-10,13,22H,11-12,14,27H2;1-6,9,16,20H,7-8,10H2;1-4H,(H,9,11). The van der Waals surface area contributed by atoms with E-state index >= 15 is 0 Å². The molecule has 2 unspecified atom stereocenters. The van der Waals surface area contributed by atoms with Crippen molar-refractivity contribution in [3.63, 3.8) is 0 Å². The van der Waals surface area contributed by atoms with E-state index in [1.54, 1.807) is 48.5 Å². The highest BCUT2D eigenvalue weighted by Gasteiger charge is 2.33. The van der Waals surface area contributed by atoms with Crippen LogP contribution in [0.5, 0.6) is 0 Å². The molecule has 0 aliphatic carbocycles. The number of halogens is 6. The summed E-state index contributed by atoms with van der Waals surface area (Å²) in [5.41, 5.74) is 11.1. The van der Waals surface area contributed by atoms with Crippen molar-refractivity contribution in [2.24, 2.45) is 0 Å². The van der Waals surface area contributed by atoms with E-state index in [1.165, 1.54) is 5.56 Å². The average Bonchev–Trinajstić information content (AvgIpc) is 3.27. The average molecular weight is 966 g/mol. The van der Waals surface area contributed by atoms with Gasteiger partial charge in [0.1, 0.15) is 0 Å². The van der Waals surface area contributed by atoms with Crippen LogP contribution in [0.15, 0.2) is 147 Å². The number of H-pyrrole nitrogens is 1. The monoisotopic (exact) mass is 962 g/mol. The van der Waals surface area contributed by atoms with Gasteiger partial charge < -0.3 is 30.2 Å². The molecule has 2 aliphatic heterocycles. The van der Waals surface area contributed by atoms with Crippen molar-refractivity contribution in [2.45, 2.75) is 12.1 Å². The van der Waals surface area contributed by atoms with Crippen LogP contribution in [0.2, 0.25) is 30.1 Å². The molecule has 0 spiro atoms. The largest absolute Gasteiger partial charge is 0.419 e. The maximum Gasteiger partial charge on any atom is 0.419 e. The van der Waals surface area contributed by atoms with E-state index < -0.39 is 11.4 Å². The maximum atomic E-state index is 13.2. The minimum atomic E-state index is -0.723. The molecule has 324 valence electrons. The summed E-state index contributed by atoms with van der Waals surface area (Å²) in [4.78, 5) is 43.6.